The molecule has 0 radical (unpaired) electrons. The average Bonchev–Trinajstić information content (AvgIpc) is 3.34. The SMILES string of the molecule is CC1CCC2C(CCC3C2CCC2(C)C(C(=O)Cn4cc(C(=O)N5CCC5)cn4)CC(C)C32)C1. The van der Waals surface area contributed by atoms with Gasteiger partial charge in [-0.25, -0.2) is 0 Å². The van der Waals surface area contributed by atoms with Crippen LogP contribution in [0, 0.1) is 52.8 Å². The smallest absolute Gasteiger partial charge is 0.257 e. The number of nitrogens with zero attached hydrogens (tertiary/aromatic N) is 3. The molecule has 34 heavy (non-hydrogen) atoms. The third-order valence-corrected chi connectivity index (χ3v) is 11.3. The van der Waals surface area contributed by atoms with Crippen LogP contribution in [0.2, 0.25) is 0 Å². The normalized spacial score (nSPS) is 43.4. The Morgan fingerprint density at radius 2 is 1.82 bits per heavy atom. The van der Waals surface area contributed by atoms with Crippen molar-refractivity contribution in [3.63, 3.8) is 0 Å². The van der Waals surface area contributed by atoms with E-state index in [9.17, 15) is 9.59 Å². The summed E-state index contributed by atoms with van der Waals surface area (Å²) < 4.78 is 1.72. The van der Waals surface area contributed by atoms with E-state index in [1.165, 1.54) is 44.9 Å². The summed E-state index contributed by atoms with van der Waals surface area (Å²) in [5, 5.41) is 4.40. The molecule has 0 spiro atoms. The van der Waals surface area contributed by atoms with Gasteiger partial charge >= 0.3 is 0 Å². The summed E-state index contributed by atoms with van der Waals surface area (Å²) in [6.45, 7) is 9.34. The Labute approximate surface area is 205 Å². The van der Waals surface area contributed by atoms with Crippen molar-refractivity contribution >= 4 is 11.7 Å². The molecular weight excluding hydrogens is 422 g/mol. The average molecular weight is 466 g/mol. The predicted molar refractivity (Wildman–Crippen MR) is 132 cm³/mol. The molecule has 1 amide bonds. The van der Waals surface area contributed by atoms with Crippen molar-refractivity contribution in [2.24, 2.45) is 52.8 Å². The van der Waals surface area contributed by atoms with Gasteiger partial charge in [-0.3, -0.25) is 14.3 Å². The van der Waals surface area contributed by atoms with E-state index in [2.05, 4.69) is 25.9 Å². The number of ketones is 1. The van der Waals surface area contributed by atoms with Crippen molar-refractivity contribution < 1.29 is 9.59 Å². The van der Waals surface area contributed by atoms with Crippen LogP contribution in [-0.4, -0.2) is 39.5 Å². The van der Waals surface area contributed by atoms with Crippen LogP contribution in [0.25, 0.3) is 0 Å². The van der Waals surface area contributed by atoms with E-state index in [-0.39, 0.29) is 17.2 Å². The number of carbonyl (C=O) groups excluding carboxylic acids is 2. The number of fused-ring (bicyclic) bond motifs is 5. The number of aromatic nitrogens is 2. The number of hydrogen-bond donors (Lipinski definition) is 0. The molecule has 1 saturated heterocycles. The van der Waals surface area contributed by atoms with Crippen molar-refractivity contribution in [2.75, 3.05) is 13.1 Å². The highest BCUT2D eigenvalue weighted by molar-refractivity contribution is 5.94. The predicted octanol–water partition coefficient (Wildman–Crippen LogP) is 5.45. The summed E-state index contributed by atoms with van der Waals surface area (Å²) in [7, 11) is 0. The quantitative estimate of drug-likeness (QED) is 0.594. The van der Waals surface area contributed by atoms with E-state index >= 15 is 0 Å². The number of hydrogen-bond acceptors (Lipinski definition) is 3. The molecule has 0 aromatic carbocycles. The molecule has 9 unspecified atom stereocenters. The first-order valence-electron chi connectivity index (χ1n) is 14.2. The van der Waals surface area contributed by atoms with Crippen LogP contribution in [0.15, 0.2) is 12.4 Å². The first-order valence-corrected chi connectivity index (χ1v) is 14.2. The van der Waals surface area contributed by atoms with Gasteiger partial charge in [-0.2, -0.15) is 5.10 Å². The summed E-state index contributed by atoms with van der Waals surface area (Å²) in [5.74, 6) is 6.42. The summed E-state index contributed by atoms with van der Waals surface area (Å²) in [5.41, 5.74) is 0.756. The third-order valence-electron chi connectivity index (χ3n) is 11.3. The van der Waals surface area contributed by atoms with Gasteiger partial charge in [0.05, 0.1) is 18.3 Å². The molecule has 9 atom stereocenters. The van der Waals surface area contributed by atoms with Crippen molar-refractivity contribution in [2.45, 2.75) is 85.1 Å². The Morgan fingerprint density at radius 3 is 2.59 bits per heavy atom. The molecule has 5 nitrogen and oxygen atoms in total. The van der Waals surface area contributed by atoms with Gasteiger partial charge in [-0.1, -0.05) is 27.2 Å². The molecule has 1 aromatic rings. The van der Waals surface area contributed by atoms with Crippen LogP contribution in [0.3, 0.4) is 0 Å². The van der Waals surface area contributed by atoms with E-state index in [4.69, 9.17) is 0 Å². The standard InChI is InChI=1S/C29H43N3O2/c1-18-5-7-22-20(13-18)6-8-24-23(22)9-10-29(3)25(14-19(2)27(24)29)26(33)17-32-16-21(15-30-32)28(34)31-11-4-12-31/h15-16,18-20,22-25,27H,4-14,17H2,1-3H3. The molecule has 186 valence electrons. The van der Waals surface area contributed by atoms with Gasteiger partial charge in [0.25, 0.3) is 5.91 Å². The molecule has 0 bridgehead atoms. The molecular formula is C29H43N3O2. The number of amides is 1. The zero-order valence-electron chi connectivity index (χ0n) is 21.4. The van der Waals surface area contributed by atoms with Crippen molar-refractivity contribution in [1.82, 2.24) is 14.7 Å². The number of Topliss-reactive ketones (excluding diaryl/α,β-unsaturated/α-hetero) is 1. The highest BCUT2D eigenvalue weighted by Crippen LogP contribution is 2.66. The van der Waals surface area contributed by atoms with E-state index in [1.54, 1.807) is 17.1 Å². The van der Waals surface area contributed by atoms with Gasteiger partial charge < -0.3 is 4.90 Å². The van der Waals surface area contributed by atoms with Crippen LogP contribution >= 0.6 is 0 Å². The first kappa shape index (κ1) is 22.8. The largest absolute Gasteiger partial charge is 0.338 e. The zero-order valence-corrected chi connectivity index (χ0v) is 21.4. The lowest BCUT2D eigenvalue weighted by Crippen LogP contribution is -2.50. The molecule has 1 aliphatic heterocycles. The molecule has 0 N–H and O–H groups in total. The fourth-order valence-corrected chi connectivity index (χ4v) is 9.66. The fourth-order valence-electron chi connectivity index (χ4n) is 9.66. The molecule has 2 heterocycles. The van der Waals surface area contributed by atoms with E-state index < -0.39 is 0 Å². The Balaban J connectivity index is 1.16. The summed E-state index contributed by atoms with van der Waals surface area (Å²) in [6.07, 6.45) is 15.3. The lowest BCUT2D eigenvalue weighted by molar-refractivity contribution is -0.131. The minimum Gasteiger partial charge on any atom is -0.338 e. The summed E-state index contributed by atoms with van der Waals surface area (Å²) >= 11 is 0. The fraction of sp³-hybridized carbons (Fsp3) is 0.828. The van der Waals surface area contributed by atoms with Gasteiger partial charge in [0, 0.05) is 25.2 Å². The topological polar surface area (TPSA) is 55.2 Å². The molecule has 5 heteroatoms. The Bertz CT molecular complexity index is 951. The minimum atomic E-state index is 0.0532. The van der Waals surface area contributed by atoms with Crippen LogP contribution < -0.4 is 0 Å². The molecule has 5 aliphatic rings. The lowest BCUT2D eigenvalue weighted by Gasteiger charge is -2.56. The van der Waals surface area contributed by atoms with Crippen LogP contribution in [0.4, 0.5) is 0 Å². The first-order chi connectivity index (χ1) is 16.3. The van der Waals surface area contributed by atoms with Crippen molar-refractivity contribution in [1.29, 1.82) is 0 Å². The molecule has 6 rings (SSSR count). The summed E-state index contributed by atoms with van der Waals surface area (Å²) in [6, 6.07) is 0. The number of likely N-dealkylation sites (tertiary alicyclic amines) is 1. The Hall–Kier alpha value is -1.65. The molecule has 4 aliphatic carbocycles. The van der Waals surface area contributed by atoms with Crippen LogP contribution in [-0.2, 0) is 11.3 Å². The Kier molecular flexibility index (Phi) is 5.69. The van der Waals surface area contributed by atoms with Crippen LogP contribution in [0.5, 0.6) is 0 Å². The number of carbonyl (C=O) groups is 2. The van der Waals surface area contributed by atoms with Crippen molar-refractivity contribution in [3.05, 3.63) is 18.0 Å². The maximum Gasteiger partial charge on any atom is 0.257 e. The monoisotopic (exact) mass is 465 g/mol. The van der Waals surface area contributed by atoms with E-state index in [0.29, 0.717) is 29.7 Å². The summed E-state index contributed by atoms with van der Waals surface area (Å²) in [4.78, 5) is 28.0. The van der Waals surface area contributed by atoms with Gasteiger partial charge in [0.15, 0.2) is 5.78 Å². The molecule has 5 fully saturated rings. The lowest BCUT2D eigenvalue weighted by atomic mass is 9.48. The second-order valence-corrected chi connectivity index (χ2v) is 13.1. The maximum atomic E-state index is 13.7. The second-order valence-electron chi connectivity index (χ2n) is 13.1. The van der Waals surface area contributed by atoms with Gasteiger partial charge in [0.2, 0.25) is 0 Å². The number of rotatable bonds is 4. The minimum absolute atomic E-state index is 0.0532. The van der Waals surface area contributed by atoms with E-state index in [1.807, 2.05) is 4.90 Å². The molecule has 4 saturated carbocycles. The Morgan fingerprint density at radius 1 is 1.03 bits per heavy atom. The second kappa shape index (κ2) is 8.48. The highest BCUT2D eigenvalue weighted by atomic mass is 16.2. The maximum absolute atomic E-state index is 13.7. The van der Waals surface area contributed by atoms with Gasteiger partial charge in [0.1, 0.15) is 0 Å². The van der Waals surface area contributed by atoms with Gasteiger partial charge in [-0.15, -0.1) is 0 Å². The zero-order chi connectivity index (χ0) is 23.6. The highest BCUT2D eigenvalue weighted by Gasteiger charge is 2.60. The van der Waals surface area contributed by atoms with Crippen LogP contribution in [0.1, 0.15) is 88.9 Å². The third kappa shape index (κ3) is 3.59. The van der Waals surface area contributed by atoms with Gasteiger partial charge in [-0.05, 0) is 98.2 Å². The van der Waals surface area contributed by atoms with E-state index in [0.717, 1.165) is 55.5 Å². The molecule has 1 aromatic heterocycles. The van der Waals surface area contributed by atoms with Crippen molar-refractivity contribution in [3.8, 4) is 0 Å².